The zero-order chi connectivity index (χ0) is 8.39. The van der Waals surface area contributed by atoms with Crippen LogP contribution < -0.4 is 5.73 Å². The minimum atomic E-state index is 0.641. The maximum Gasteiger partial charge on any atom is 0.131 e. The monoisotopic (exact) mass is 163 g/mol. The zero-order valence-electron chi connectivity index (χ0n) is 7.03. The van der Waals surface area contributed by atoms with E-state index in [9.17, 15) is 0 Å². The van der Waals surface area contributed by atoms with Crippen LogP contribution in [0.2, 0.25) is 0 Å². The van der Waals surface area contributed by atoms with Gasteiger partial charge in [-0.1, -0.05) is 0 Å². The lowest BCUT2D eigenvalue weighted by Crippen LogP contribution is -2.06. The maximum absolute atomic E-state index is 5.44. The molecule has 0 spiro atoms. The molecule has 0 aromatic carbocycles. The quantitative estimate of drug-likeness (QED) is 0.718. The Balaban J connectivity index is 2.15. The van der Waals surface area contributed by atoms with Crippen LogP contribution >= 0.6 is 0 Å². The highest BCUT2D eigenvalue weighted by Crippen LogP contribution is 2.37. The van der Waals surface area contributed by atoms with Crippen molar-refractivity contribution in [3.63, 3.8) is 0 Å². The van der Waals surface area contributed by atoms with Crippen LogP contribution in [0.1, 0.15) is 30.3 Å². The van der Waals surface area contributed by atoms with Gasteiger partial charge in [-0.2, -0.15) is 0 Å². The van der Waals surface area contributed by atoms with Gasteiger partial charge in [0, 0.05) is 24.2 Å². The van der Waals surface area contributed by atoms with Crippen molar-refractivity contribution in [2.45, 2.75) is 25.2 Å². The normalized spacial score (nSPS) is 16.4. The van der Waals surface area contributed by atoms with Crippen molar-refractivity contribution >= 4 is 0 Å². The van der Waals surface area contributed by atoms with Crippen LogP contribution in [0, 0.1) is 0 Å². The predicted molar refractivity (Wildman–Crippen MR) is 46.8 cm³/mol. The number of aromatic nitrogens is 2. The zero-order valence-corrected chi connectivity index (χ0v) is 7.03. The van der Waals surface area contributed by atoms with E-state index in [1.165, 1.54) is 12.8 Å². The van der Waals surface area contributed by atoms with Gasteiger partial charge >= 0.3 is 0 Å². The van der Waals surface area contributed by atoms with Crippen LogP contribution in [0.5, 0.6) is 0 Å². The molecule has 1 aromatic rings. The highest BCUT2D eigenvalue weighted by Gasteiger charge is 2.26. The summed E-state index contributed by atoms with van der Waals surface area (Å²) in [4.78, 5) is 8.67. The molecule has 1 aromatic heterocycles. The fourth-order valence-electron chi connectivity index (χ4n) is 1.24. The molecule has 0 bridgehead atoms. The topological polar surface area (TPSA) is 51.8 Å². The van der Waals surface area contributed by atoms with Gasteiger partial charge in [-0.15, -0.1) is 0 Å². The maximum atomic E-state index is 5.44. The van der Waals surface area contributed by atoms with Crippen LogP contribution in [0.15, 0.2) is 12.3 Å². The van der Waals surface area contributed by atoms with E-state index in [1.54, 1.807) is 0 Å². The van der Waals surface area contributed by atoms with Crippen molar-refractivity contribution in [2.24, 2.45) is 5.73 Å². The van der Waals surface area contributed by atoms with Crippen LogP contribution in [0.25, 0.3) is 0 Å². The van der Waals surface area contributed by atoms with E-state index in [0.717, 1.165) is 17.9 Å². The molecule has 0 aliphatic heterocycles. The molecule has 2 rings (SSSR count). The van der Waals surface area contributed by atoms with Crippen LogP contribution in [0.3, 0.4) is 0 Å². The third-order valence-corrected chi connectivity index (χ3v) is 2.07. The standard InChI is InChI=1S/C9H13N3/c10-5-3-8-4-6-11-9(12-8)7-1-2-7/h4,6-7H,1-3,5,10H2. The third kappa shape index (κ3) is 1.61. The number of nitrogens with zero attached hydrogens (tertiary/aromatic N) is 2. The van der Waals surface area contributed by atoms with Crippen molar-refractivity contribution in [1.82, 2.24) is 9.97 Å². The first kappa shape index (κ1) is 7.68. The van der Waals surface area contributed by atoms with Gasteiger partial charge in [0.05, 0.1) is 0 Å². The van der Waals surface area contributed by atoms with Crippen LogP contribution in [-0.4, -0.2) is 16.5 Å². The summed E-state index contributed by atoms with van der Waals surface area (Å²) in [6.45, 7) is 0.668. The summed E-state index contributed by atoms with van der Waals surface area (Å²) in [5.41, 5.74) is 6.52. The molecular formula is C9H13N3. The Morgan fingerprint density at radius 2 is 2.33 bits per heavy atom. The fraction of sp³-hybridized carbons (Fsp3) is 0.556. The van der Waals surface area contributed by atoms with Gasteiger partial charge in [0.25, 0.3) is 0 Å². The smallest absolute Gasteiger partial charge is 0.131 e. The minimum absolute atomic E-state index is 0.641. The Hall–Kier alpha value is -0.960. The molecule has 1 aliphatic rings. The molecule has 0 unspecified atom stereocenters. The molecule has 64 valence electrons. The van der Waals surface area contributed by atoms with Gasteiger partial charge in [0.2, 0.25) is 0 Å². The molecule has 1 heterocycles. The second-order valence-electron chi connectivity index (χ2n) is 3.22. The Morgan fingerprint density at radius 3 is 3.00 bits per heavy atom. The molecule has 2 N–H and O–H groups in total. The molecule has 1 fully saturated rings. The molecule has 0 amide bonds. The Labute approximate surface area is 72.0 Å². The van der Waals surface area contributed by atoms with Crippen molar-refractivity contribution < 1.29 is 0 Å². The molecule has 1 saturated carbocycles. The van der Waals surface area contributed by atoms with Gasteiger partial charge in [0.1, 0.15) is 5.82 Å². The van der Waals surface area contributed by atoms with Crippen molar-refractivity contribution in [3.05, 3.63) is 23.8 Å². The van der Waals surface area contributed by atoms with E-state index in [1.807, 2.05) is 12.3 Å². The van der Waals surface area contributed by atoms with Crippen LogP contribution in [0.4, 0.5) is 0 Å². The SMILES string of the molecule is NCCc1ccnc(C2CC2)n1. The second kappa shape index (κ2) is 3.19. The summed E-state index contributed by atoms with van der Waals surface area (Å²) in [5.74, 6) is 1.66. The van der Waals surface area contributed by atoms with Crippen molar-refractivity contribution in [1.29, 1.82) is 0 Å². The molecule has 0 atom stereocenters. The summed E-state index contributed by atoms with van der Waals surface area (Å²) in [6.07, 6.45) is 5.21. The minimum Gasteiger partial charge on any atom is -0.330 e. The lowest BCUT2D eigenvalue weighted by atomic mass is 10.3. The average molecular weight is 163 g/mol. The van der Waals surface area contributed by atoms with Gasteiger partial charge < -0.3 is 5.73 Å². The number of nitrogens with two attached hydrogens (primary N) is 1. The lowest BCUT2D eigenvalue weighted by molar-refractivity contribution is 0.849. The summed E-state index contributed by atoms with van der Waals surface area (Å²) in [7, 11) is 0. The van der Waals surface area contributed by atoms with E-state index < -0.39 is 0 Å². The summed E-state index contributed by atoms with van der Waals surface area (Å²) < 4.78 is 0. The van der Waals surface area contributed by atoms with Crippen LogP contribution in [-0.2, 0) is 6.42 Å². The van der Waals surface area contributed by atoms with E-state index in [0.29, 0.717) is 12.5 Å². The predicted octanol–water partition coefficient (Wildman–Crippen LogP) is 0.855. The first-order chi connectivity index (χ1) is 5.90. The fourth-order valence-corrected chi connectivity index (χ4v) is 1.24. The van der Waals surface area contributed by atoms with E-state index in [4.69, 9.17) is 5.73 Å². The van der Waals surface area contributed by atoms with E-state index >= 15 is 0 Å². The average Bonchev–Trinajstić information content (AvgIpc) is 2.88. The van der Waals surface area contributed by atoms with Gasteiger partial charge in [0.15, 0.2) is 0 Å². The summed E-state index contributed by atoms with van der Waals surface area (Å²) in [6, 6.07) is 1.94. The Morgan fingerprint density at radius 1 is 1.50 bits per heavy atom. The first-order valence-corrected chi connectivity index (χ1v) is 4.42. The number of hydrogen-bond donors (Lipinski definition) is 1. The number of hydrogen-bond acceptors (Lipinski definition) is 3. The first-order valence-electron chi connectivity index (χ1n) is 4.42. The highest BCUT2D eigenvalue weighted by molar-refractivity contribution is 5.10. The largest absolute Gasteiger partial charge is 0.330 e. The molecule has 1 aliphatic carbocycles. The summed E-state index contributed by atoms with van der Waals surface area (Å²) >= 11 is 0. The van der Waals surface area contributed by atoms with Crippen molar-refractivity contribution in [3.8, 4) is 0 Å². The Bertz CT molecular complexity index is 268. The molecule has 3 heteroatoms. The molecule has 3 nitrogen and oxygen atoms in total. The Kier molecular flexibility index (Phi) is 2.04. The third-order valence-electron chi connectivity index (χ3n) is 2.07. The molecule has 0 saturated heterocycles. The highest BCUT2D eigenvalue weighted by atomic mass is 14.9. The molecule has 0 radical (unpaired) electrons. The van der Waals surface area contributed by atoms with Gasteiger partial charge in [-0.3, -0.25) is 0 Å². The van der Waals surface area contributed by atoms with Gasteiger partial charge in [-0.25, -0.2) is 9.97 Å². The van der Waals surface area contributed by atoms with Gasteiger partial charge in [-0.05, 0) is 25.5 Å². The number of rotatable bonds is 3. The second-order valence-corrected chi connectivity index (χ2v) is 3.22. The lowest BCUT2D eigenvalue weighted by Gasteiger charge is -1.99. The molecular weight excluding hydrogens is 150 g/mol. The summed E-state index contributed by atoms with van der Waals surface area (Å²) in [5, 5.41) is 0. The molecule has 12 heavy (non-hydrogen) atoms. The van der Waals surface area contributed by atoms with Crippen molar-refractivity contribution in [2.75, 3.05) is 6.54 Å². The van der Waals surface area contributed by atoms with E-state index in [-0.39, 0.29) is 0 Å². The van der Waals surface area contributed by atoms with E-state index in [2.05, 4.69) is 9.97 Å².